The third-order valence-corrected chi connectivity index (χ3v) is 3.72. The number of nitrogens with one attached hydrogen (secondary N) is 2. The van der Waals surface area contributed by atoms with E-state index in [-0.39, 0.29) is 5.69 Å². The van der Waals surface area contributed by atoms with Crippen molar-refractivity contribution in [2.75, 3.05) is 25.5 Å². The van der Waals surface area contributed by atoms with Gasteiger partial charge in [-0.15, -0.1) is 0 Å². The molecule has 102 valence electrons. The van der Waals surface area contributed by atoms with Gasteiger partial charge in [-0.2, -0.15) is 13.2 Å². The van der Waals surface area contributed by atoms with Crippen molar-refractivity contribution in [1.82, 2.24) is 5.32 Å². The molecule has 0 saturated carbocycles. The standard InChI is InChI=1S/C10H13F3N2O2S/c1-14-6-7-15-8-4-2-3-5-9(8)18(16,17)10(11,12)13/h2-5,14-15H,6-7H2,1H3. The minimum absolute atomic E-state index is 0.0509. The zero-order valence-electron chi connectivity index (χ0n) is 9.58. The SMILES string of the molecule is CNCCNc1ccccc1S(=O)(=O)C(F)(F)F. The van der Waals surface area contributed by atoms with Gasteiger partial charge in [0.05, 0.1) is 10.6 Å². The van der Waals surface area contributed by atoms with Crippen LogP contribution in [0.1, 0.15) is 0 Å². The van der Waals surface area contributed by atoms with Gasteiger partial charge in [-0.25, -0.2) is 8.42 Å². The number of halogens is 3. The summed E-state index contributed by atoms with van der Waals surface area (Å²) in [6, 6.07) is 4.96. The minimum atomic E-state index is -5.33. The average molecular weight is 282 g/mol. The number of para-hydroxylation sites is 1. The number of likely N-dealkylation sites (N-methyl/N-ethyl adjacent to an activating group) is 1. The Labute approximate surface area is 103 Å². The van der Waals surface area contributed by atoms with Crippen LogP contribution in [-0.2, 0) is 9.84 Å². The number of sulfone groups is 1. The molecule has 0 fully saturated rings. The van der Waals surface area contributed by atoms with Crippen LogP contribution in [0.4, 0.5) is 18.9 Å². The van der Waals surface area contributed by atoms with Crippen molar-refractivity contribution in [3.05, 3.63) is 24.3 Å². The number of benzene rings is 1. The third kappa shape index (κ3) is 3.14. The van der Waals surface area contributed by atoms with Gasteiger partial charge in [-0.05, 0) is 19.2 Å². The number of alkyl halides is 3. The molecule has 2 N–H and O–H groups in total. The van der Waals surface area contributed by atoms with E-state index >= 15 is 0 Å². The summed E-state index contributed by atoms with van der Waals surface area (Å²) >= 11 is 0. The molecule has 0 unspecified atom stereocenters. The Hall–Kier alpha value is -1.28. The maximum atomic E-state index is 12.5. The molecule has 0 aliphatic heterocycles. The lowest BCUT2D eigenvalue weighted by atomic mass is 10.3. The number of hydrogen-bond donors (Lipinski definition) is 2. The number of anilines is 1. The van der Waals surface area contributed by atoms with Gasteiger partial charge < -0.3 is 10.6 Å². The molecule has 0 bridgehead atoms. The topological polar surface area (TPSA) is 58.2 Å². The molecule has 0 aliphatic carbocycles. The lowest BCUT2D eigenvalue weighted by Gasteiger charge is -2.13. The first-order chi connectivity index (χ1) is 8.30. The summed E-state index contributed by atoms with van der Waals surface area (Å²) in [5, 5.41) is 5.44. The highest BCUT2D eigenvalue weighted by Gasteiger charge is 2.47. The van der Waals surface area contributed by atoms with Crippen LogP contribution in [0.3, 0.4) is 0 Å². The van der Waals surface area contributed by atoms with Crippen molar-refractivity contribution >= 4 is 15.5 Å². The Balaban J connectivity index is 3.10. The van der Waals surface area contributed by atoms with Crippen LogP contribution in [-0.4, -0.2) is 34.1 Å². The molecule has 0 aliphatic rings. The first kappa shape index (κ1) is 14.8. The fourth-order valence-electron chi connectivity index (χ4n) is 1.29. The Morgan fingerprint density at radius 3 is 2.33 bits per heavy atom. The van der Waals surface area contributed by atoms with Gasteiger partial charge in [-0.3, -0.25) is 0 Å². The van der Waals surface area contributed by atoms with Crippen molar-refractivity contribution in [2.45, 2.75) is 10.4 Å². The summed E-state index contributed by atoms with van der Waals surface area (Å²) in [5.41, 5.74) is -5.35. The van der Waals surface area contributed by atoms with E-state index in [1.165, 1.54) is 18.2 Å². The smallest absolute Gasteiger partial charge is 0.383 e. The van der Waals surface area contributed by atoms with Gasteiger partial charge in [0.25, 0.3) is 9.84 Å². The maximum Gasteiger partial charge on any atom is 0.501 e. The second kappa shape index (κ2) is 5.57. The number of rotatable bonds is 5. The molecule has 4 nitrogen and oxygen atoms in total. The van der Waals surface area contributed by atoms with E-state index in [2.05, 4.69) is 10.6 Å². The molecule has 1 rings (SSSR count). The molecule has 1 aromatic carbocycles. The van der Waals surface area contributed by atoms with E-state index in [1.54, 1.807) is 7.05 Å². The van der Waals surface area contributed by atoms with Crippen molar-refractivity contribution in [3.8, 4) is 0 Å². The fraction of sp³-hybridized carbons (Fsp3) is 0.400. The molecular weight excluding hydrogens is 269 g/mol. The summed E-state index contributed by atoms with van der Waals surface area (Å²) in [4.78, 5) is -0.756. The van der Waals surface area contributed by atoms with Crippen LogP contribution in [0.2, 0.25) is 0 Å². The second-order valence-electron chi connectivity index (χ2n) is 3.48. The molecule has 0 spiro atoms. The minimum Gasteiger partial charge on any atom is -0.383 e. The second-order valence-corrected chi connectivity index (χ2v) is 5.39. The third-order valence-electron chi connectivity index (χ3n) is 2.17. The zero-order valence-corrected chi connectivity index (χ0v) is 10.4. The molecule has 0 heterocycles. The predicted octanol–water partition coefficient (Wildman–Crippen LogP) is 1.61. The van der Waals surface area contributed by atoms with Crippen LogP contribution in [0.15, 0.2) is 29.2 Å². The van der Waals surface area contributed by atoms with Gasteiger partial charge in [0, 0.05) is 13.1 Å². The summed E-state index contributed by atoms with van der Waals surface area (Å²) < 4.78 is 60.0. The molecule has 1 aromatic rings. The maximum absolute atomic E-state index is 12.5. The van der Waals surface area contributed by atoms with Crippen LogP contribution < -0.4 is 10.6 Å². The molecule has 0 atom stereocenters. The van der Waals surface area contributed by atoms with Gasteiger partial charge in [0.1, 0.15) is 0 Å². The molecule has 0 radical (unpaired) electrons. The van der Waals surface area contributed by atoms with E-state index in [9.17, 15) is 21.6 Å². The summed E-state index contributed by atoms with van der Waals surface area (Å²) in [6.45, 7) is 0.821. The van der Waals surface area contributed by atoms with E-state index < -0.39 is 20.2 Å². The lowest BCUT2D eigenvalue weighted by Crippen LogP contribution is -2.25. The first-order valence-corrected chi connectivity index (χ1v) is 6.58. The molecule has 0 amide bonds. The highest BCUT2D eigenvalue weighted by Crippen LogP contribution is 2.33. The molecule has 18 heavy (non-hydrogen) atoms. The van der Waals surface area contributed by atoms with E-state index in [4.69, 9.17) is 0 Å². The average Bonchev–Trinajstić information content (AvgIpc) is 2.28. The lowest BCUT2D eigenvalue weighted by molar-refractivity contribution is -0.0435. The predicted molar refractivity (Wildman–Crippen MR) is 62.1 cm³/mol. The molecule has 0 saturated heterocycles. The van der Waals surface area contributed by atoms with Gasteiger partial charge >= 0.3 is 5.51 Å². The van der Waals surface area contributed by atoms with Crippen molar-refractivity contribution < 1.29 is 21.6 Å². The Morgan fingerprint density at radius 1 is 1.17 bits per heavy atom. The summed E-state index contributed by atoms with van der Waals surface area (Å²) in [5.74, 6) is 0. The van der Waals surface area contributed by atoms with Crippen molar-refractivity contribution in [1.29, 1.82) is 0 Å². The largest absolute Gasteiger partial charge is 0.501 e. The van der Waals surface area contributed by atoms with Gasteiger partial charge in [0.15, 0.2) is 0 Å². The normalized spacial score (nSPS) is 12.4. The Kier molecular flexibility index (Phi) is 4.58. The first-order valence-electron chi connectivity index (χ1n) is 5.09. The molecular formula is C10H13F3N2O2S. The van der Waals surface area contributed by atoms with Crippen molar-refractivity contribution in [3.63, 3.8) is 0 Å². The van der Waals surface area contributed by atoms with Crippen molar-refractivity contribution in [2.24, 2.45) is 0 Å². The number of hydrogen-bond acceptors (Lipinski definition) is 4. The highest BCUT2D eigenvalue weighted by atomic mass is 32.2. The summed E-state index contributed by atoms with van der Waals surface area (Å²) in [7, 11) is -3.65. The van der Waals surface area contributed by atoms with E-state index in [0.717, 1.165) is 6.07 Å². The monoisotopic (exact) mass is 282 g/mol. The zero-order chi connectivity index (χ0) is 13.8. The molecule has 8 heteroatoms. The van der Waals surface area contributed by atoms with Crippen LogP contribution in [0.25, 0.3) is 0 Å². The Morgan fingerprint density at radius 2 is 1.78 bits per heavy atom. The van der Waals surface area contributed by atoms with Gasteiger partial charge in [0.2, 0.25) is 0 Å². The molecule has 0 aromatic heterocycles. The van der Waals surface area contributed by atoms with Gasteiger partial charge in [-0.1, -0.05) is 12.1 Å². The van der Waals surface area contributed by atoms with E-state index in [1.807, 2.05) is 0 Å². The Bertz CT molecular complexity index is 500. The van der Waals surface area contributed by atoms with E-state index in [0.29, 0.717) is 13.1 Å². The highest BCUT2D eigenvalue weighted by molar-refractivity contribution is 7.92. The van der Waals surface area contributed by atoms with Crippen LogP contribution in [0, 0.1) is 0 Å². The van der Waals surface area contributed by atoms with Crippen LogP contribution >= 0.6 is 0 Å². The van der Waals surface area contributed by atoms with Crippen LogP contribution in [0.5, 0.6) is 0 Å². The summed E-state index contributed by atoms with van der Waals surface area (Å²) in [6.07, 6.45) is 0. The quantitative estimate of drug-likeness (QED) is 0.806. The fourth-order valence-corrected chi connectivity index (χ4v) is 2.23.